The van der Waals surface area contributed by atoms with Crippen LogP contribution in [-0.2, 0) is 19.7 Å². The molecule has 5 N–H and O–H groups in total. The number of rotatable bonds is 5. The maximum absolute atomic E-state index is 13.3. The van der Waals surface area contributed by atoms with Crippen LogP contribution in [-0.4, -0.2) is 55.2 Å². The van der Waals surface area contributed by atoms with Crippen LogP contribution in [0.25, 0.3) is 0 Å². The Morgan fingerprint density at radius 1 is 0.982 bits per heavy atom. The van der Waals surface area contributed by atoms with Gasteiger partial charge >= 0.3 is 12.0 Å². The first-order valence-electron chi connectivity index (χ1n) is 19.0. The number of cyclic esters (lactones) is 1. The van der Waals surface area contributed by atoms with Gasteiger partial charge in [0.15, 0.2) is 0 Å². The van der Waals surface area contributed by atoms with Crippen molar-refractivity contribution >= 4 is 23.6 Å². The lowest BCUT2D eigenvalue weighted by Gasteiger charge is -2.40. The van der Waals surface area contributed by atoms with Crippen LogP contribution in [0, 0.1) is 17.8 Å². The van der Waals surface area contributed by atoms with E-state index in [9.17, 15) is 14.4 Å². The van der Waals surface area contributed by atoms with E-state index in [4.69, 9.17) is 20.9 Å². The van der Waals surface area contributed by atoms with Crippen LogP contribution < -0.4 is 26.4 Å². The van der Waals surface area contributed by atoms with Crippen LogP contribution in [0.4, 0.5) is 10.5 Å². The molecular weight excluding hydrogens is 691 g/mol. The van der Waals surface area contributed by atoms with Gasteiger partial charge in [0.25, 0.3) is 5.91 Å². The average Bonchev–Trinajstić information content (AvgIpc) is 3.77. The van der Waals surface area contributed by atoms with Gasteiger partial charge in [-0.05, 0) is 67.3 Å². The molecule has 0 bridgehead atoms. The van der Waals surface area contributed by atoms with Crippen molar-refractivity contribution in [3.05, 3.63) is 143 Å². The molecule has 284 valence electrons. The standard InChI is InChI=1S/C29H26N4O5.C8H11N.C6H6.C2H6/c1-2-37-18-8-6-17(7-9-18)24-29-20-14-16(4-3-11-31-28(30)36)5-10-22(20)33-25(29)19(26(33)34)15-21(29)23-27(35)38-13-12-32(23)24;1-7(9)8-5-3-2-4-6-8;1-2-4-6-5-3-1;1-2/h5-10,14,21,23-24H,2,11-13,15H2,1H3,(H3,30,31,36);2-7H,9H2,1H3;1-6H;1-2H3/t21-,23+,24-,29+;;;/m0.../s1. The normalized spacial score (nSPS) is 22.4. The summed E-state index contributed by atoms with van der Waals surface area (Å²) >= 11 is 0. The first kappa shape index (κ1) is 38.8. The molecule has 3 amide bonds. The van der Waals surface area contributed by atoms with Crippen molar-refractivity contribution < 1.29 is 23.9 Å². The number of hydrogen-bond donors (Lipinski definition) is 3. The molecule has 55 heavy (non-hydrogen) atoms. The molecule has 5 atom stereocenters. The lowest BCUT2D eigenvalue weighted by molar-refractivity contribution is -0.158. The second kappa shape index (κ2) is 17.1. The fraction of sp³-hybridized carbons (Fsp3) is 0.311. The van der Waals surface area contributed by atoms with Crippen molar-refractivity contribution in [3.8, 4) is 17.6 Å². The number of nitrogens with one attached hydrogen (secondary N) is 1. The molecule has 4 aliphatic heterocycles. The third kappa shape index (κ3) is 7.21. The van der Waals surface area contributed by atoms with Crippen molar-refractivity contribution in [2.24, 2.45) is 17.4 Å². The SMILES string of the molecule is CC.CC(N)c1ccccc1.CCOc1ccc([C@@H]2N3CCOC(=O)[C@H]3[C@@H]3CC4=C5N(C4=O)c4ccc(C#CCNC(N)=O)cc4[C@]523)cc1.c1ccccc1. The van der Waals surface area contributed by atoms with Gasteiger partial charge in [-0.2, -0.15) is 0 Å². The summed E-state index contributed by atoms with van der Waals surface area (Å²) in [5.41, 5.74) is 16.9. The first-order chi connectivity index (χ1) is 26.8. The van der Waals surface area contributed by atoms with Crippen LogP contribution in [0.15, 0.2) is 120 Å². The summed E-state index contributed by atoms with van der Waals surface area (Å²) in [6.45, 7) is 9.61. The van der Waals surface area contributed by atoms with E-state index in [0.717, 1.165) is 39.4 Å². The van der Waals surface area contributed by atoms with Gasteiger partial charge in [0.05, 0.1) is 30.3 Å². The predicted octanol–water partition coefficient (Wildman–Crippen LogP) is 6.38. The van der Waals surface area contributed by atoms with E-state index < -0.39 is 17.5 Å². The topological polar surface area (TPSA) is 140 Å². The van der Waals surface area contributed by atoms with Gasteiger partial charge in [-0.3, -0.25) is 19.4 Å². The Kier molecular flexibility index (Phi) is 12.0. The molecular formula is C45H49N5O5. The van der Waals surface area contributed by atoms with Crippen molar-refractivity contribution in [1.29, 1.82) is 0 Å². The third-order valence-electron chi connectivity index (χ3n) is 10.5. The third-order valence-corrected chi connectivity index (χ3v) is 10.5. The lowest BCUT2D eigenvalue weighted by atomic mass is 9.66. The summed E-state index contributed by atoms with van der Waals surface area (Å²) in [4.78, 5) is 41.7. The largest absolute Gasteiger partial charge is 0.494 e. The summed E-state index contributed by atoms with van der Waals surface area (Å²) in [5.74, 6) is 6.49. The van der Waals surface area contributed by atoms with Gasteiger partial charge in [0.2, 0.25) is 0 Å². The van der Waals surface area contributed by atoms with E-state index >= 15 is 0 Å². The highest BCUT2D eigenvalue weighted by Gasteiger charge is 2.75. The number of carbonyl (C=O) groups excluding carboxylic acids is 3. The van der Waals surface area contributed by atoms with Crippen LogP contribution in [0.2, 0.25) is 0 Å². The molecule has 4 heterocycles. The zero-order chi connectivity index (χ0) is 39.1. The smallest absolute Gasteiger partial charge is 0.323 e. The van der Waals surface area contributed by atoms with E-state index in [0.29, 0.717) is 26.2 Å². The maximum Gasteiger partial charge on any atom is 0.323 e. The van der Waals surface area contributed by atoms with Crippen molar-refractivity contribution in [2.45, 2.75) is 57.7 Å². The van der Waals surface area contributed by atoms with Crippen LogP contribution in [0.1, 0.15) is 68.5 Å². The first-order valence-corrected chi connectivity index (χ1v) is 19.0. The molecule has 10 nitrogen and oxygen atoms in total. The number of morpholine rings is 1. The highest BCUT2D eigenvalue weighted by Crippen LogP contribution is 2.73. The van der Waals surface area contributed by atoms with Crippen LogP contribution >= 0.6 is 0 Å². The quantitative estimate of drug-likeness (QED) is 0.160. The minimum absolute atomic E-state index is 0.0122. The number of benzene rings is 4. The molecule has 2 fully saturated rings. The maximum atomic E-state index is 13.3. The monoisotopic (exact) mass is 739 g/mol. The lowest BCUT2D eigenvalue weighted by Crippen LogP contribution is -2.49. The highest BCUT2D eigenvalue weighted by atomic mass is 16.5. The Labute approximate surface area is 323 Å². The van der Waals surface area contributed by atoms with E-state index in [-0.39, 0.29) is 36.4 Å². The van der Waals surface area contributed by atoms with E-state index in [2.05, 4.69) is 34.2 Å². The summed E-state index contributed by atoms with van der Waals surface area (Å²) in [6.07, 6.45) is 0.548. The fourth-order valence-electron chi connectivity index (χ4n) is 8.48. The average molecular weight is 740 g/mol. The van der Waals surface area contributed by atoms with E-state index in [1.165, 1.54) is 5.56 Å². The Morgan fingerprint density at radius 2 is 1.64 bits per heavy atom. The van der Waals surface area contributed by atoms with Gasteiger partial charge in [0, 0.05) is 35.3 Å². The van der Waals surface area contributed by atoms with Gasteiger partial charge in [-0.15, -0.1) is 0 Å². The van der Waals surface area contributed by atoms with Crippen molar-refractivity contribution in [1.82, 2.24) is 10.2 Å². The number of ether oxygens (including phenoxy) is 2. The molecule has 9 rings (SSSR count). The Hall–Kier alpha value is -5.89. The molecule has 5 aliphatic rings. The van der Waals surface area contributed by atoms with Gasteiger partial charge in [-0.25, -0.2) is 4.79 Å². The molecule has 2 saturated heterocycles. The number of primary amides is 1. The number of esters is 1. The van der Waals surface area contributed by atoms with E-state index in [1.54, 1.807) is 0 Å². The fourth-order valence-corrected chi connectivity index (χ4v) is 8.48. The van der Waals surface area contributed by atoms with Gasteiger partial charge in [0.1, 0.15) is 18.4 Å². The molecule has 1 aliphatic carbocycles. The molecule has 0 saturated carbocycles. The summed E-state index contributed by atoms with van der Waals surface area (Å²) in [5, 5.41) is 2.48. The Balaban J connectivity index is 0.000000251. The Bertz CT molecular complexity index is 2060. The number of amides is 3. The number of carbonyl (C=O) groups is 3. The molecule has 1 unspecified atom stereocenters. The van der Waals surface area contributed by atoms with Crippen LogP contribution in [0.5, 0.6) is 5.75 Å². The predicted molar refractivity (Wildman–Crippen MR) is 214 cm³/mol. The minimum Gasteiger partial charge on any atom is -0.494 e. The number of nitrogens with two attached hydrogens (primary N) is 2. The molecule has 4 aromatic rings. The van der Waals surface area contributed by atoms with Crippen LogP contribution in [0.3, 0.4) is 0 Å². The summed E-state index contributed by atoms with van der Waals surface area (Å²) < 4.78 is 11.3. The molecule has 4 aromatic carbocycles. The number of anilines is 1. The van der Waals surface area contributed by atoms with E-state index in [1.807, 2.05) is 130 Å². The molecule has 0 radical (unpaired) electrons. The zero-order valence-electron chi connectivity index (χ0n) is 31.8. The second-order valence-electron chi connectivity index (χ2n) is 13.5. The minimum atomic E-state index is -0.629. The van der Waals surface area contributed by atoms with Gasteiger partial charge < -0.3 is 26.3 Å². The summed E-state index contributed by atoms with van der Waals surface area (Å²) in [7, 11) is 0. The number of fused-ring (bicyclic) bond motifs is 4. The number of hydrogen-bond acceptors (Lipinski definition) is 7. The zero-order valence-corrected chi connectivity index (χ0v) is 31.8. The molecule has 10 heteroatoms. The van der Waals surface area contributed by atoms with Gasteiger partial charge in [-0.1, -0.05) is 105 Å². The summed E-state index contributed by atoms with van der Waals surface area (Å²) in [6, 6.07) is 34.9. The highest BCUT2D eigenvalue weighted by molar-refractivity contribution is 6.20. The Morgan fingerprint density at radius 3 is 2.24 bits per heavy atom. The van der Waals surface area contributed by atoms with Crippen molar-refractivity contribution in [2.75, 3.05) is 31.2 Å². The van der Waals surface area contributed by atoms with Crippen molar-refractivity contribution in [3.63, 3.8) is 0 Å². The molecule has 0 aromatic heterocycles. The number of urea groups is 1. The second-order valence-corrected chi connectivity index (χ2v) is 13.5. The number of nitrogens with zero attached hydrogens (tertiary/aromatic N) is 2. The molecule has 1 spiro atoms.